The lowest BCUT2D eigenvalue weighted by atomic mass is 10.1. The Bertz CT molecular complexity index is 732. The lowest BCUT2D eigenvalue weighted by molar-refractivity contribution is -0.384. The Morgan fingerprint density at radius 1 is 1.32 bits per heavy atom. The van der Waals surface area contributed by atoms with Gasteiger partial charge in [0.2, 0.25) is 5.78 Å². The van der Waals surface area contributed by atoms with Crippen LogP contribution in [0, 0.1) is 10.1 Å². The van der Waals surface area contributed by atoms with Crippen LogP contribution in [0.25, 0.3) is 0 Å². The molecule has 1 aromatic carbocycles. The van der Waals surface area contributed by atoms with Crippen molar-refractivity contribution in [3.63, 3.8) is 0 Å². The van der Waals surface area contributed by atoms with E-state index in [9.17, 15) is 14.9 Å². The van der Waals surface area contributed by atoms with E-state index in [0.717, 1.165) is 25.9 Å². The van der Waals surface area contributed by atoms with Crippen molar-refractivity contribution >= 4 is 17.2 Å². The van der Waals surface area contributed by atoms with Gasteiger partial charge in [-0.1, -0.05) is 0 Å². The lowest BCUT2D eigenvalue weighted by Gasteiger charge is -2.17. The number of ketones is 1. The van der Waals surface area contributed by atoms with Gasteiger partial charge < -0.3 is 9.47 Å². The topological polar surface area (TPSA) is 81.3 Å². The molecule has 7 nitrogen and oxygen atoms in total. The zero-order chi connectivity index (χ0) is 15.7. The van der Waals surface area contributed by atoms with Crippen LogP contribution in [0.4, 0.5) is 11.4 Å². The fraction of sp³-hybridized carbons (Fsp3) is 0.333. The highest BCUT2D eigenvalue weighted by Crippen LogP contribution is 2.32. The molecule has 0 unspecified atom stereocenters. The Morgan fingerprint density at radius 3 is 2.64 bits per heavy atom. The van der Waals surface area contributed by atoms with Gasteiger partial charge in [0, 0.05) is 44.2 Å². The van der Waals surface area contributed by atoms with Crippen molar-refractivity contribution in [1.82, 2.24) is 9.55 Å². The van der Waals surface area contributed by atoms with E-state index in [1.807, 2.05) is 4.90 Å². The normalized spacial score (nSPS) is 14.3. The molecule has 1 saturated heterocycles. The third kappa shape index (κ3) is 2.45. The summed E-state index contributed by atoms with van der Waals surface area (Å²) in [5.41, 5.74) is 0.838. The number of anilines is 1. The standard InChI is InChI=1S/C15H16N4O3/c1-17-9-6-16-15(17)14(20)11-4-5-12(13(10-11)19(21)22)18-7-2-3-8-18/h4-6,9-10H,2-3,7-8H2,1H3. The van der Waals surface area contributed by atoms with Gasteiger partial charge >= 0.3 is 0 Å². The van der Waals surface area contributed by atoms with Gasteiger partial charge in [-0.05, 0) is 25.0 Å². The van der Waals surface area contributed by atoms with Crippen LogP contribution in [0.5, 0.6) is 0 Å². The average molecular weight is 300 g/mol. The molecule has 0 atom stereocenters. The molecule has 114 valence electrons. The van der Waals surface area contributed by atoms with Gasteiger partial charge in [0.15, 0.2) is 5.82 Å². The molecule has 0 bridgehead atoms. The summed E-state index contributed by atoms with van der Waals surface area (Å²) in [5.74, 6) is -0.0493. The molecule has 0 spiro atoms. The highest BCUT2D eigenvalue weighted by atomic mass is 16.6. The number of nitro groups is 1. The van der Waals surface area contributed by atoms with E-state index >= 15 is 0 Å². The first-order valence-corrected chi connectivity index (χ1v) is 7.13. The fourth-order valence-corrected chi connectivity index (χ4v) is 2.75. The SMILES string of the molecule is Cn1ccnc1C(=O)c1ccc(N2CCCC2)c([N+](=O)[O-])c1. The summed E-state index contributed by atoms with van der Waals surface area (Å²) in [7, 11) is 1.72. The van der Waals surface area contributed by atoms with Gasteiger partial charge in [-0.3, -0.25) is 14.9 Å². The second kappa shape index (κ2) is 5.59. The lowest BCUT2D eigenvalue weighted by Crippen LogP contribution is -2.19. The van der Waals surface area contributed by atoms with E-state index in [2.05, 4.69) is 4.98 Å². The minimum Gasteiger partial charge on any atom is -0.366 e. The Hall–Kier alpha value is -2.70. The second-order valence-corrected chi connectivity index (χ2v) is 5.35. The fourth-order valence-electron chi connectivity index (χ4n) is 2.75. The van der Waals surface area contributed by atoms with Gasteiger partial charge in [0.05, 0.1) is 4.92 Å². The van der Waals surface area contributed by atoms with Crippen LogP contribution >= 0.6 is 0 Å². The van der Waals surface area contributed by atoms with Gasteiger partial charge in [0.1, 0.15) is 5.69 Å². The zero-order valence-corrected chi connectivity index (χ0v) is 12.2. The predicted octanol–water partition coefficient (Wildman–Crippen LogP) is 2.16. The van der Waals surface area contributed by atoms with Gasteiger partial charge in [-0.25, -0.2) is 4.98 Å². The number of imidazole rings is 1. The van der Waals surface area contributed by atoms with E-state index in [1.165, 1.54) is 12.3 Å². The van der Waals surface area contributed by atoms with Crippen molar-refractivity contribution < 1.29 is 9.72 Å². The number of benzene rings is 1. The van der Waals surface area contributed by atoms with Gasteiger partial charge in [-0.2, -0.15) is 0 Å². The van der Waals surface area contributed by atoms with E-state index in [-0.39, 0.29) is 22.9 Å². The van der Waals surface area contributed by atoms with E-state index in [4.69, 9.17) is 0 Å². The molecule has 3 rings (SSSR count). The first kappa shape index (κ1) is 14.2. The van der Waals surface area contributed by atoms with Crippen LogP contribution in [0.2, 0.25) is 0 Å². The summed E-state index contributed by atoms with van der Waals surface area (Å²) in [6.45, 7) is 1.63. The molecule has 0 amide bonds. The van der Waals surface area contributed by atoms with Crippen LogP contribution < -0.4 is 4.90 Å². The highest BCUT2D eigenvalue weighted by Gasteiger charge is 2.25. The Labute approximate surface area is 127 Å². The van der Waals surface area contributed by atoms with Crippen LogP contribution in [0.15, 0.2) is 30.6 Å². The van der Waals surface area contributed by atoms with E-state index < -0.39 is 4.92 Å². The van der Waals surface area contributed by atoms with Crippen LogP contribution in [0.3, 0.4) is 0 Å². The molecule has 2 heterocycles. The van der Waals surface area contributed by atoms with E-state index in [1.54, 1.807) is 29.9 Å². The van der Waals surface area contributed by atoms with Gasteiger partial charge in [-0.15, -0.1) is 0 Å². The summed E-state index contributed by atoms with van der Waals surface area (Å²) in [4.78, 5) is 29.3. The van der Waals surface area contributed by atoms with Crippen LogP contribution in [-0.4, -0.2) is 33.3 Å². The zero-order valence-electron chi connectivity index (χ0n) is 12.2. The van der Waals surface area contributed by atoms with E-state index in [0.29, 0.717) is 5.69 Å². The maximum atomic E-state index is 12.4. The molecule has 1 aliphatic rings. The summed E-state index contributed by atoms with van der Waals surface area (Å²) < 4.78 is 1.60. The molecular weight excluding hydrogens is 284 g/mol. The van der Waals surface area contributed by atoms with Gasteiger partial charge in [0.25, 0.3) is 5.69 Å². The number of aromatic nitrogens is 2. The van der Waals surface area contributed by atoms with Crippen molar-refractivity contribution in [1.29, 1.82) is 0 Å². The van der Waals surface area contributed by atoms with Crippen LogP contribution in [-0.2, 0) is 7.05 Å². The van der Waals surface area contributed by atoms with Crippen LogP contribution in [0.1, 0.15) is 29.0 Å². The average Bonchev–Trinajstić information content (AvgIpc) is 3.17. The predicted molar refractivity (Wildman–Crippen MR) is 81.2 cm³/mol. The largest absolute Gasteiger partial charge is 0.366 e. The smallest absolute Gasteiger partial charge is 0.293 e. The third-order valence-corrected chi connectivity index (χ3v) is 3.91. The molecule has 22 heavy (non-hydrogen) atoms. The number of nitro benzene ring substituents is 1. The summed E-state index contributed by atoms with van der Waals surface area (Å²) >= 11 is 0. The second-order valence-electron chi connectivity index (χ2n) is 5.35. The van der Waals surface area contributed by atoms with Crippen molar-refractivity contribution in [3.05, 3.63) is 52.1 Å². The van der Waals surface area contributed by atoms with Crippen molar-refractivity contribution in [2.24, 2.45) is 7.05 Å². The minimum absolute atomic E-state index is 0.0260. The Kier molecular flexibility index (Phi) is 3.62. The summed E-state index contributed by atoms with van der Waals surface area (Å²) in [6, 6.07) is 4.65. The molecule has 2 aromatic rings. The number of hydrogen-bond donors (Lipinski definition) is 0. The molecule has 1 aromatic heterocycles. The van der Waals surface area contributed by atoms with Crippen molar-refractivity contribution in [2.75, 3.05) is 18.0 Å². The summed E-state index contributed by atoms with van der Waals surface area (Å²) in [5, 5.41) is 11.4. The van der Waals surface area contributed by atoms with Crippen molar-refractivity contribution in [2.45, 2.75) is 12.8 Å². The molecule has 7 heteroatoms. The highest BCUT2D eigenvalue weighted by molar-refractivity contribution is 6.07. The number of carbonyl (C=O) groups excluding carboxylic acids is 1. The Balaban J connectivity index is 2.00. The molecule has 0 aliphatic carbocycles. The third-order valence-electron chi connectivity index (χ3n) is 3.91. The number of carbonyl (C=O) groups is 1. The first-order chi connectivity index (χ1) is 10.6. The monoisotopic (exact) mass is 300 g/mol. The number of aryl methyl sites for hydroxylation is 1. The summed E-state index contributed by atoms with van der Waals surface area (Å²) in [6.07, 6.45) is 5.26. The molecule has 0 radical (unpaired) electrons. The van der Waals surface area contributed by atoms with Crippen molar-refractivity contribution in [3.8, 4) is 0 Å². The molecule has 0 saturated carbocycles. The minimum atomic E-state index is -0.428. The quantitative estimate of drug-likeness (QED) is 0.491. The number of nitrogens with zero attached hydrogens (tertiary/aromatic N) is 4. The molecule has 1 aliphatic heterocycles. The Morgan fingerprint density at radius 2 is 2.05 bits per heavy atom. The number of rotatable bonds is 4. The number of hydrogen-bond acceptors (Lipinski definition) is 5. The maximum Gasteiger partial charge on any atom is 0.293 e. The molecule has 1 fully saturated rings. The molecular formula is C15H16N4O3. The molecule has 0 N–H and O–H groups in total. The maximum absolute atomic E-state index is 12.4. The first-order valence-electron chi connectivity index (χ1n) is 7.13.